The van der Waals surface area contributed by atoms with Gasteiger partial charge in [0.15, 0.2) is 0 Å². The van der Waals surface area contributed by atoms with Crippen molar-refractivity contribution in [2.24, 2.45) is 4.99 Å². The summed E-state index contributed by atoms with van der Waals surface area (Å²) in [5.41, 5.74) is 5.82. The zero-order valence-electron chi connectivity index (χ0n) is 15.7. The number of aryl methyl sites for hydroxylation is 1. The van der Waals surface area contributed by atoms with Crippen LogP contribution in [0.1, 0.15) is 29.0 Å². The van der Waals surface area contributed by atoms with Gasteiger partial charge in [-0.1, -0.05) is 48.5 Å². The Morgan fingerprint density at radius 2 is 1.93 bits per heavy atom. The fourth-order valence-electron chi connectivity index (χ4n) is 4.18. The van der Waals surface area contributed by atoms with Crippen LogP contribution in [0.3, 0.4) is 0 Å². The fourth-order valence-corrected chi connectivity index (χ4v) is 4.97. The number of nitrogens with zero attached hydrogens (tertiary/aromatic N) is 2. The maximum absolute atomic E-state index is 11.5. The minimum atomic E-state index is -3.17. The maximum Gasteiger partial charge on any atom is 0.208 e. The molecular weight excluding hydrogens is 358 g/mol. The van der Waals surface area contributed by atoms with Crippen LogP contribution in [0.25, 0.3) is 0 Å². The molecule has 1 fully saturated rings. The molecular formula is C21H25N3O2S. The van der Waals surface area contributed by atoms with Gasteiger partial charge in [0.1, 0.15) is 0 Å². The molecule has 0 aliphatic carbocycles. The van der Waals surface area contributed by atoms with Gasteiger partial charge in [-0.3, -0.25) is 4.99 Å². The summed E-state index contributed by atoms with van der Waals surface area (Å²) in [7, 11) is -3.17. The average Bonchev–Trinajstić information content (AvgIpc) is 3.20. The third-order valence-electron chi connectivity index (χ3n) is 5.37. The summed E-state index contributed by atoms with van der Waals surface area (Å²) in [6.45, 7) is 4.60. The van der Waals surface area contributed by atoms with Crippen molar-refractivity contribution in [1.82, 2.24) is 9.62 Å². The quantitative estimate of drug-likeness (QED) is 0.864. The Morgan fingerprint density at radius 3 is 2.67 bits per heavy atom. The molecule has 2 aromatic carbocycles. The van der Waals surface area contributed by atoms with Crippen molar-refractivity contribution in [3.63, 3.8) is 0 Å². The number of hydrogen-bond acceptors (Lipinski definition) is 4. The number of rotatable bonds is 5. The highest BCUT2D eigenvalue weighted by molar-refractivity contribution is 7.88. The third kappa shape index (κ3) is 3.98. The summed E-state index contributed by atoms with van der Waals surface area (Å²) in [6.07, 6.45) is 2.07. The van der Waals surface area contributed by atoms with Gasteiger partial charge in [0.2, 0.25) is 10.0 Å². The van der Waals surface area contributed by atoms with E-state index in [-0.39, 0.29) is 12.0 Å². The molecule has 6 heteroatoms. The Hall–Kier alpha value is -2.02. The summed E-state index contributed by atoms with van der Waals surface area (Å²) < 4.78 is 25.8. The first kappa shape index (κ1) is 18.3. The molecule has 2 unspecified atom stereocenters. The van der Waals surface area contributed by atoms with Crippen LogP contribution >= 0.6 is 0 Å². The Kier molecular flexibility index (Phi) is 4.88. The highest BCUT2D eigenvalue weighted by atomic mass is 32.2. The van der Waals surface area contributed by atoms with E-state index in [9.17, 15) is 8.42 Å². The SMILES string of the molecule is Cc1cccc2c1N=C(c1ccccc1)C2CN1CCC(NS(C)(=O)=O)C1. The van der Waals surface area contributed by atoms with Gasteiger partial charge >= 0.3 is 0 Å². The van der Waals surface area contributed by atoms with E-state index in [1.165, 1.54) is 17.4 Å². The van der Waals surface area contributed by atoms with Crippen LogP contribution < -0.4 is 4.72 Å². The van der Waals surface area contributed by atoms with Crippen molar-refractivity contribution >= 4 is 21.4 Å². The Morgan fingerprint density at radius 1 is 1.15 bits per heavy atom. The first-order valence-electron chi connectivity index (χ1n) is 9.34. The predicted molar refractivity (Wildman–Crippen MR) is 109 cm³/mol. The standard InChI is InChI=1S/C21H25N3O2S/c1-15-7-6-10-18-19(14-24-12-11-17(13-24)23-27(2,25)26)21(22-20(15)18)16-8-4-3-5-9-16/h3-10,17,19,23H,11-14H2,1-2H3. The van der Waals surface area contributed by atoms with Crippen molar-refractivity contribution in [1.29, 1.82) is 0 Å². The molecule has 1 saturated heterocycles. The van der Waals surface area contributed by atoms with E-state index < -0.39 is 10.0 Å². The van der Waals surface area contributed by atoms with E-state index in [4.69, 9.17) is 4.99 Å². The molecule has 2 aliphatic heterocycles. The highest BCUT2D eigenvalue weighted by Gasteiger charge is 2.33. The van der Waals surface area contributed by atoms with Gasteiger partial charge in [-0.05, 0) is 36.6 Å². The molecule has 2 heterocycles. The number of sulfonamides is 1. The number of hydrogen-bond donors (Lipinski definition) is 1. The Bertz CT molecular complexity index is 970. The van der Waals surface area contributed by atoms with Crippen LogP contribution in [-0.4, -0.2) is 51.0 Å². The molecule has 27 heavy (non-hydrogen) atoms. The lowest BCUT2D eigenvalue weighted by atomic mass is 9.90. The monoisotopic (exact) mass is 383 g/mol. The van der Waals surface area contributed by atoms with Gasteiger partial charge in [-0.15, -0.1) is 0 Å². The molecule has 2 aliphatic rings. The zero-order valence-corrected chi connectivity index (χ0v) is 16.5. The number of benzene rings is 2. The van der Waals surface area contributed by atoms with Gasteiger partial charge in [-0.25, -0.2) is 13.1 Å². The maximum atomic E-state index is 11.5. The Balaban J connectivity index is 1.59. The van der Waals surface area contributed by atoms with Crippen LogP contribution in [0.15, 0.2) is 53.5 Å². The van der Waals surface area contributed by atoms with E-state index >= 15 is 0 Å². The van der Waals surface area contributed by atoms with Gasteiger partial charge in [0, 0.05) is 25.0 Å². The van der Waals surface area contributed by atoms with E-state index in [0.717, 1.165) is 43.0 Å². The van der Waals surface area contributed by atoms with Crippen LogP contribution in [0.2, 0.25) is 0 Å². The molecule has 142 valence electrons. The summed E-state index contributed by atoms with van der Waals surface area (Å²) in [5.74, 6) is 0.208. The van der Waals surface area contributed by atoms with E-state index in [1.807, 2.05) is 18.2 Å². The number of fused-ring (bicyclic) bond motifs is 1. The lowest BCUT2D eigenvalue weighted by Gasteiger charge is -2.23. The minimum Gasteiger partial charge on any atom is -0.301 e. The van der Waals surface area contributed by atoms with E-state index in [2.05, 4.69) is 46.9 Å². The summed E-state index contributed by atoms with van der Waals surface area (Å²) >= 11 is 0. The molecule has 0 amide bonds. The van der Waals surface area contributed by atoms with Crippen molar-refractivity contribution in [3.8, 4) is 0 Å². The van der Waals surface area contributed by atoms with Crippen molar-refractivity contribution < 1.29 is 8.42 Å². The van der Waals surface area contributed by atoms with Crippen molar-refractivity contribution in [2.75, 3.05) is 25.9 Å². The predicted octanol–water partition coefficient (Wildman–Crippen LogP) is 2.84. The summed E-state index contributed by atoms with van der Waals surface area (Å²) in [6, 6.07) is 16.7. The molecule has 4 rings (SSSR count). The smallest absolute Gasteiger partial charge is 0.208 e. The number of likely N-dealkylation sites (tertiary alicyclic amines) is 1. The molecule has 1 N–H and O–H groups in total. The van der Waals surface area contributed by atoms with Crippen molar-refractivity contribution in [3.05, 3.63) is 65.2 Å². The third-order valence-corrected chi connectivity index (χ3v) is 6.13. The highest BCUT2D eigenvalue weighted by Crippen LogP contribution is 2.40. The molecule has 0 aromatic heterocycles. The molecule has 0 radical (unpaired) electrons. The van der Waals surface area contributed by atoms with Crippen LogP contribution in [0.4, 0.5) is 5.69 Å². The van der Waals surface area contributed by atoms with Gasteiger partial charge in [-0.2, -0.15) is 0 Å². The second-order valence-corrected chi connectivity index (χ2v) is 9.34. The second kappa shape index (κ2) is 7.19. The normalized spacial score (nSPS) is 22.7. The second-order valence-electron chi connectivity index (χ2n) is 7.56. The Labute approximate surface area is 161 Å². The number of para-hydroxylation sites is 1. The molecule has 5 nitrogen and oxygen atoms in total. The first-order chi connectivity index (χ1) is 12.9. The lowest BCUT2D eigenvalue weighted by molar-refractivity contribution is 0.329. The van der Waals surface area contributed by atoms with E-state index in [1.54, 1.807) is 0 Å². The van der Waals surface area contributed by atoms with Crippen LogP contribution in [-0.2, 0) is 10.0 Å². The molecule has 2 aromatic rings. The van der Waals surface area contributed by atoms with Gasteiger partial charge < -0.3 is 4.90 Å². The lowest BCUT2D eigenvalue weighted by Crippen LogP contribution is -2.37. The van der Waals surface area contributed by atoms with Gasteiger partial charge in [0.25, 0.3) is 0 Å². The number of nitrogens with one attached hydrogen (secondary N) is 1. The number of aliphatic imine (C=N–C) groups is 1. The average molecular weight is 384 g/mol. The summed E-state index contributed by atoms with van der Waals surface area (Å²) in [4.78, 5) is 7.35. The van der Waals surface area contributed by atoms with Gasteiger partial charge in [0.05, 0.1) is 17.7 Å². The van der Waals surface area contributed by atoms with E-state index in [0.29, 0.717) is 0 Å². The topological polar surface area (TPSA) is 61.8 Å². The first-order valence-corrected chi connectivity index (χ1v) is 11.2. The van der Waals surface area contributed by atoms with Crippen LogP contribution in [0, 0.1) is 6.92 Å². The van der Waals surface area contributed by atoms with Crippen LogP contribution in [0.5, 0.6) is 0 Å². The largest absolute Gasteiger partial charge is 0.301 e. The molecule has 0 saturated carbocycles. The molecule has 0 bridgehead atoms. The summed E-state index contributed by atoms with van der Waals surface area (Å²) in [5, 5.41) is 0. The molecule has 0 spiro atoms. The fraction of sp³-hybridized carbons (Fsp3) is 0.381. The van der Waals surface area contributed by atoms with Crippen molar-refractivity contribution in [2.45, 2.75) is 25.3 Å². The minimum absolute atomic E-state index is 0.00417. The molecule has 2 atom stereocenters. The zero-order chi connectivity index (χ0) is 19.0.